The first-order valence-electron chi connectivity index (χ1n) is 8.70. The summed E-state index contributed by atoms with van der Waals surface area (Å²) in [5.74, 6) is 0.135. The molecule has 2 aliphatic heterocycles. The van der Waals surface area contributed by atoms with Crippen molar-refractivity contribution < 1.29 is 4.79 Å². The molecule has 5 nitrogen and oxygen atoms in total. The van der Waals surface area contributed by atoms with E-state index in [1.165, 1.54) is 4.88 Å². The van der Waals surface area contributed by atoms with Crippen molar-refractivity contribution in [3.63, 3.8) is 0 Å². The summed E-state index contributed by atoms with van der Waals surface area (Å²) < 4.78 is 0. The largest absolute Gasteiger partial charge is 0.337 e. The minimum atomic E-state index is 0.135. The maximum absolute atomic E-state index is 12.5. The van der Waals surface area contributed by atoms with Gasteiger partial charge in [-0.1, -0.05) is 6.07 Å². The molecule has 0 aliphatic carbocycles. The molecule has 2 aromatic rings. The Labute approximate surface area is 146 Å². The van der Waals surface area contributed by atoms with Crippen molar-refractivity contribution in [1.29, 1.82) is 0 Å². The Morgan fingerprint density at radius 1 is 1.12 bits per heavy atom. The number of hydrogen-bond acceptors (Lipinski definition) is 5. The number of pyridine rings is 1. The summed E-state index contributed by atoms with van der Waals surface area (Å²) >= 11 is 1.61. The Hall–Kier alpha value is -1.79. The van der Waals surface area contributed by atoms with Crippen LogP contribution in [-0.2, 0) is 19.4 Å². The molecule has 126 valence electrons. The van der Waals surface area contributed by atoms with Gasteiger partial charge < -0.3 is 4.90 Å². The van der Waals surface area contributed by atoms with Gasteiger partial charge in [-0.2, -0.15) is 0 Å². The highest BCUT2D eigenvalue weighted by atomic mass is 32.1. The maximum Gasteiger partial charge on any atom is 0.282 e. The van der Waals surface area contributed by atoms with Gasteiger partial charge in [0.25, 0.3) is 5.91 Å². The van der Waals surface area contributed by atoms with Crippen molar-refractivity contribution in [3.05, 3.63) is 45.7 Å². The third-order valence-corrected chi connectivity index (χ3v) is 5.93. The molecule has 0 radical (unpaired) electrons. The Kier molecular flexibility index (Phi) is 4.58. The van der Waals surface area contributed by atoms with Gasteiger partial charge in [0.05, 0.1) is 11.4 Å². The summed E-state index contributed by atoms with van der Waals surface area (Å²) in [6, 6.07) is 6.06. The molecule has 2 aliphatic rings. The van der Waals surface area contributed by atoms with Gasteiger partial charge in [-0.3, -0.25) is 14.7 Å². The second-order valence-electron chi connectivity index (χ2n) is 6.49. The highest BCUT2D eigenvalue weighted by Crippen LogP contribution is 2.25. The summed E-state index contributed by atoms with van der Waals surface area (Å²) in [6.45, 7) is 4.64. The van der Waals surface area contributed by atoms with E-state index in [0.29, 0.717) is 5.01 Å². The first-order chi connectivity index (χ1) is 11.8. The predicted molar refractivity (Wildman–Crippen MR) is 94.2 cm³/mol. The van der Waals surface area contributed by atoms with Crippen molar-refractivity contribution in [3.8, 4) is 0 Å². The van der Waals surface area contributed by atoms with Crippen molar-refractivity contribution in [2.24, 2.45) is 0 Å². The van der Waals surface area contributed by atoms with E-state index < -0.39 is 0 Å². The number of likely N-dealkylation sites (tertiary alicyclic amines) is 1. The number of nitrogens with zero attached hydrogens (tertiary/aromatic N) is 4. The fourth-order valence-electron chi connectivity index (χ4n) is 3.44. The van der Waals surface area contributed by atoms with E-state index in [1.807, 2.05) is 23.2 Å². The van der Waals surface area contributed by atoms with E-state index in [0.717, 1.165) is 69.8 Å². The zero-order chi connectivity index (χ0) is 16.4. The van der Waals surface area contributed by atoms with Crippen LogP contribution in [0.1, 0.15) is 38.9 Å². The van der Waals surface area contributed by atoms with Crippen LogP contribution in [0.4, 0.5) is 0 Å². The average Bonchev–Trinajstić information content (AvgIpc) is 3.25. The minimum absolute atomic E-state index is 0.135. The number of carbonyl (C=O) groups excluding carboxylic acids is 1. The van der Waals surface area contributed by atoms with Crippen LogP contribution in [0.15, 0.2) is 24.4 Å². The lowest BCUT2D eigenvalue weighted by Gasteiger charge is -2.19. The Morgan fingerprint density at radius 2 is 1.96 bits per heavy atom. The smallest absolute Gasteiger partial charge is 0.282 e. The van der Waals surface area contributed by atoms with Crippen molar-refractivity contribution in [2.45, 2.75) is 32.2 Å². The SMILES string of the molecule is O=C(c1nc2c(s1)CCN(Cc1ccccn1)CC2)N1CCCC1. The highest BCUT2D eigenvalue weighted by molar-refractivity contribution is 7.13. The quantitative estimate of drug-likeness (QED) is 0.859. The van der Waals surface area contributed by atoms with Gasteiger partial charge >= 0.3 is 0 Å². The number of hydrogen-bond donors (Lipinski definition) is 0. The molecule has 0 spiro atoms. The number of rotatable bonds is 3. The molecule has 0 saturated carbocycles. The molecule has 1 amide bonds. The van der Waals surface area contributed by atoms with Crippen molar-refractivity contribution in [2.75, 3.05) is 26.2 Å². The molecule has 0 unspecified atom stereocenters. The summed E-state index contributed by atoms with van der Waals surface area (Å²) in [6.07, 6.45) is 6.00. The molecule has 1 saturated heterocycles. The fraction of sp³-hybridized carbons (Fsp3) is 0.500. The molecule has 4 rings (SSSR count). The first-order valence-corrected chi connectivity index (χ1v) is 9.51. The van der Waals surface area contributed by atoms with Gasteiger partial charge in [0.2, 0.25) is 0 Å². The molecular weight excluding hydrogens is 320 g/mol. The van der Waals surface area contributed by atoms with Crippen molar-refractivity contribution >= 4 is 17.2 Å². The molecule has 2 aromatic heterocycles. The standard InChI is InChI=1S/C18H22N4OS/c23-18(22-9-3-4-10-22)17-20-15-6-11-21(12-7-16(15)24-17)13-14-5-1-2-8-19-14/h1-2,5,8H,3-4,6-7,9-13H2. The van der Waals surface area contributed by atoms with Gasteiger partial charge in [0, 0.05) is 50.2 Å². The van der Waals surface area contributed by atoms with Gasteiger partial charge in [-0.15, -0.1) is 11.3 Å². The van der Waals surface area contributed by atoms with Gasteiger partial charge in [0.1, 0.15) is 0 Å². The number of fused-ring (bicyclic) bond motifs is 1. The van der Waals surface area contributed by atoms with Crippen LogP contribution in [0.2, 0.25) is 0 Å². The average molecular weight is 342 g/mol. The van der Waals surface area contributed by atoms with E-state index in [4.69, 9.17) is 0 Å². The minimum Gasteiger partial charge on any atom is -0.337 e. The van der Waals surface area contributed by atoms with E-state index in [2.05, 4.69) is 20.9 Å². The molecule has 0 aromatic carbocycles. The molecule has 6 heteroatoms. The van der Waals surface area contributed by atoms with Crippen molar-refractivity contribution in [1.82, 2.24) is 19.8 Å². The molecule has 24 heavy (non-hydrogen) atoms. The lowest BCUT2D eigenvalue weighted by molar-refractivity contribution is 0.0792. The van der Waals surface area contributed by atoms with Gasteiger partial charge in [-0.05, 0) is 31.4 Å². The summed E-state index contributed by atoms with van der Waals surface area (Å²) in [4.78, 5) is 27.3. The Balaban J connectivity index is 1.41. The normalized spacial score (nSPS) is 18.4. The lowest BCUT2D eigenvalue weighted by Crippen LogP contribution is -2.28. The van der Waals surface area contributed by atoms with E-state index in [1.54, 1.807) is 11.3 Å². The molecule has 4 heterocycles. The van der Waals surface area contributed by atoms with Crippen LogP contribution < -0.4 is 0 Å². The maximum atomic E-state index is 12.5. The van der Waals surface area contributed by atoms with Crippen LogP contribution in [-0.4, -0.2) is 51.9 Å². The zero-order valence-corrected chi connectivity index (χ0v) is 14.6. The lowest BCUT2D eigenvalue weighted by atomic mass is 10.2. The number of aromatic nitrogens is 2. The third-order valence-electron chi connectivity index (χ3n) is 4.79. The zero-order valence-electron chi connectivity index (χ0n) is 13.8. The third kappa shape index (κ3) is 3.35. The number of amides is 1. The van der Waals surface area contributed by atoms with E-state index in [-0.39, 0.29) is 5.91 Å². The summed E-state index contributed by atoms with van der Waals surface area (Å²) in [5.41, 5.74) is 2.24. The number of carbonyl (C=O) groups is 1. The Bertz CT molecular complexity index is 684. The molecular formula is C18H22N4OS. The summed E-state index contributed by atoms with van der Waals surface area (Å²) in [5, 5.41) is 0.695. The van der Waals surface area contributed by atoms with Crippen LogP contribution in [0.5, 0.6) is 0 Å². The molecule has 0 N–H and O–H groups in total. The van der Waals surface area contributed by atoms with Crippen LogP contribution in [0.25, 0.3) is 0 Å². The fourth-order valence-corrected chi connectivity index (χ4v) is 4.50. The molecule has 0 atom stereocenters. The summed E-state index contributed by atoms with van der Waals surface area (Å²) in [7, 11) is 0. The monoisotopic (exact) mass is 342 g/mol. The number of thiazole rings is 1. The van der Waals surface area contributed by atoms with Crippen LogP contribution >= 0.6 is 11.3 Å². The van der Waals surface area contributed by atoms with Gasteiger partial charge in [-0.25, -0.2) is 4.98 Å². The highest BCUT2D eigenvalue weighted by Gasteiger charge is 2.25. The van der Waals surface area contributed by atoms with Crippen LogP contribution in [0.3, 0.4) is 0 Å². The Morgan fingerprint density at radius 3 is 2.75 bits per heavy atom. The molecule has 0 bridgehead atoms. The van der Waals surface area contributed by atoms with E-state index in [9.17, 15) is 4.79 Å². The van der Waals surface area contributed by atoms with Gasteiger partial charge in [0.15, 0.2) is 5.01 Å². The van der Waals surface area contributed by atoms with Crippen LogP contribution in [0, 0.1) is 0 Å². The topological polar surface area (TPSA) is 49.3 Å². The predicted octanol–water partition coefficient (Wildman–Crippen LogP) is 2.37. The van der Waals surface area contributed by atoms with E-state index >= 15 is 0 Å². The second-order valence-corrected chi connectivity index (χ2v) is 7.57. The first kappa shape index (κ1) is 15.7. The second kappa shape index (κ2) is 6.99. The molecule has 1 fully saturated rings.